The number of hydrogen-bond acceptors (Lipinski definition) is 7. The lowest BCUT2D eigenvalue weighted by Crippen LogP contribution is -2.46. The van der Waals surface area contributed by atoms with Gasteiger partial charge in [-0.3, -0.25) is 4.90 Å². The molecule has 0 saturated carbocycles. The zero-order chi connectivity index (χ0) is 22.1. The fraction of sp³-hybridized carbons (Fsp3) is 0.435. The normalized spacial score (nSPS) is 19.2. The summed E-state index contributed by atoms with van der Waals surface area (Å²) in [6.07, 6.45) is 1.25. The molecule has 0 spiro atoms. The van der Waals surface area contributed by atoms with Crippen LogP contribution in [0.2, 0.25) is 0 Å². The van der Waals surface area contributed by atoms with Gasteiger partial charge >= 0.3 is 5.97 Å². The van der Waals surface area contributed by atoms with Crippen LogP contribution in [0.3, 0.4) is 0 Å². The number of carbonyl (C=O) groups is 1. The average molecular weight is 500 g/mol. The lowest BCUT2D eigenvalue weighted by Gasteiger charge is -2.35. The number of carbonyl (C=O) groups excluding carboxylic acids is 1. The standard InChI is InChI=1S/C23H26BrN5O3/c1-31-23(30)16-5-6-18-19(13-16)29(14-17-7-12-32-17)22(25-18)15-27-8-10-28(11-9-27)21-4-2-3-20(24)26-21/h2-6,13,17H,7-12,14-15H2,1H3/t17-/m0/s1. The Morgan fingerprint density at radius 3 is 2.69 bits per heavy atom. The minimum Gasteiger partial charge on any atom is -0.465 e. The Morgan fingerprint density at radius 1 is 1.19 bits per heavy atom. The fourth-order valence-electron chi connectivity index (χ4n) is 4.28. The van der Waals surface area contributed by atoms with Gasteiger partial charge in [-0.05, 0) is 52.7 Å². The molecule has 32 heavy (non-hydrogen) atoms. The molecule has 9 heteroatoms. The molecule has 0 aliphatic carbocycles. The Hall–Kier alpha value is -2.49. The number of pyridine rings is 1. The van der Waals surface area contributed by atoms with Crippen LogP contribution >= 0.6 is 15.9 Å². The fourth-order valence-corrected chi connectivity index (χ4v) is 4.62. The summed E-state index contributed by atoms with van der Waals surface area (Å²) < 4.78 is 13.7. The van der Waals surface area contributed by atoms with Crippen molar-refractivity contribution in [2.75, 3.05) is 44.8 Å². The maximum atomic E-state index is 12.1. The van der Waals surface area contributed by atoms with Crippen LogP contribution in [0.5, 0.6) is 0 Å². The third-order valence-electron chi connectivity index (χ3n) is 6.19. The molecular weight excluding hydrogens is 474 g/mol. The average Bonchev–Trinajstić information content (AvgIpc) is 3.12. The van der Waals surface area contributed by atoms with E-state index in [0.29, 0.717) is 5.56 Å². The van der Waals surface area contributed by atoms with Crippen LogP contribution in [-0.2, 0) is 22.6 Å². The largest absolute Gasteiger partial charge is 0.465 e. The molecule has 2 aliphatic rings. The molecule has 0 N–H and O–H groups in total. The van der Waals surface area contributed by atoms with Gasteiger partial charge in [-0.1, -0.05) is 6.07 Å². The molecule has 1 atom stereocenters. The van der Waals surface area contributed by atoms with Gasteiger partial charge in [-0.2, -0.15) is 0 Å². The molecule has 8 nitrogen and oxygen atoms in total. The summed E-state index contributed by atoms with van der Waals surface area (Å²) in [5.74, 6) is 1.67. The zero-order valence-electron chi connectivity index (χ0n) is 18.0. The SMILES string of the molecule is COC(=O)c1ccc2nc(CN3CCN(c4cccc(Br)n4)CC3)n(C[C@@H]3CCO3)c2c1. The maximum Gasteiger partial charge on any atom is 0.337 e. The second-order valence-electron chi connectivity index (χ2n) is 8.20. The first kappa shape index (κ1) is 21.4. The molecule has 0 amide bonds. The van der Waals surface area contributed by atoms with Gasteiger partial charge < -0.3 is 18.9 Å². The van der Waals surface area contributed by atoms with Crippen LogP contribution < -0.4 is 4.90 Å². The topological polar surface area (TPSA) is 72.7 Å². The number of imidazole rings is 1. The number of aromatic nitrogens is 3. The molecule has 4 heterocycles. The highest BCUT2D eigenvalue weighted by Gasteiger charge is 2.25. The number of halogens is 1. The van der Waals surface area contributed by atoms with E-state index in [4.69, 9.17) is 14.5 Å². The van der Waals surface area contributed by atoms with Gasteiger partial charge in [0.25, 0.3) is 0 Å². The number of fused-ring (bicyclic) bond motifs is 1. The Kier molecular flexibility index (Phi) is 6.12. The highest BCUT2D eigenvalue weighted by Crippen LogP contribution is 2.24. The van der Waals surface area contributed by atoms with Crippen LogP contribution in [0.15, 0.2) is 41.0 Å². The highest BCUT2D eigenvalue weighted by molar-refractivity contribution is 9.10. The van der Waals surface area contributed by atoms with E-state index in [2.05, 4.69) is 41.3 Å². The highest BCUT2D eigenvalue weighted by atomic mass is 79.9. The summed E-state index contributed by atoms with van der Waals surface area (Å²) in [4.78, 5) is 26.3. The van der Waals surface area contributed by atoms with Crippen LogP contribution in [0.1, 0.15) is 22.6 Å². The summed E-state index contributed by atoms with van der Waals surface area (Å²) in [5.41, 5.74) is 2.39. The number of ether oxygens (including phenoxy) is 2. The van der Waals surface area contributed by atoms with Crippen molar-refractivity contribution in [1.82, 2.24) is 19.4 Å². The van der Waals surface area contributed by atoms with Crippen LogP contribution in [0.4, 0.5) is 5.82 Å². The molecular formula is C23H26BrN5O3. The number of nitrogens with zero attached hydrogens (tertiary/aromatic N) is 5. The van der Waals surface area contributed by atoms with E-state index in [0.717, 1.165) is 79.6 Å². The Labute approximate surface area is 195 Å². The van der Waals surface area contributed by atoms with Crippen molar-refractivity contribution >= 4 is 38.8 Å². The van der Waals surface area contributed by atoms with E-state index < -0.39 is 0 Å². The number of methoxy groups -OCH3 is 1. The van der Waals surface area contributed by atoms with Gasteiger partial charge in [0.2, 0.25) is 0 Å². The first-order valence-corrected chi connectivity index (χ1v) is 11.7. The smallest absolute Gasteiger partial charge is 0.337 e. The number of benzene rings is 1. The minimum absolute atomic E-state index is 0.201. The van der Waals surface area contributed by atoms with Crippen molar-refractivity contribution in [2.45, 2.75) is 25.6 Å². The molecule has 0 radical (unpaired) electrons. The van der Waals surface area contributed by atoms with E-state index in [1.165, 1.54) is 7.11 Å². The molecule has 2 aromatic heterocycles. The maximum absolute atomic E-state index is 12.1. The van der Waals surface area contributed by atoms with Gasteiger partial charge in [-0.15, -0.1) is 0 Å². The van der Waals surface area contributed by atoms with Gasteiger partial charge in [0, 0.05) is 32.8 Å². The Balaban J connectivity index is 1.35. The zero-order valence-corrected chi connectivity index (χ0v) is 19.6. The van der Waals surface area contributed by atoms with E-state index in [1.807, 2.05) is 24.3 Å². The van der Waals surface area contributed by atoms with Crippen molar-refractivity contribution in [3.8, 4) is 0 Å². The summed E-state index contributed by atoms with van der Waals surface area (Å²) in [6.45, 7) is 6.03. The van der Waals surface area contributed by atoms with Crippen LogP contribution in [-0.4, -0.2) is 71.4 Å². The minimum atomic E-state index is -0.335. The first-order chi connectivity index (χ1) is 15.6. The quantitative estimate of drug-likeness (QED) is 0.381. The van der Waals surface area contributed by atoms with E-state index in [9.17, 15) is 4.79 Å². The van der Waals surface area contributed by atoms with E-state index in [-0.39, 0.29) is 12.1 Å². The first-order valence-electron chi connectivity index (χ1n) is 10.9. The lowest BCUT2D eigenvalue weighted by molar-refractivity contribution is -0.0592. The molecule has 2 saturated heterocycles. The second-order valence-corrected chi connectivity index (χ2v) is 9.01. The van der Waals surface area contributed by atoms with Gasteiger partial charge in [0.15, 0.2) is 0 Å². The molecule has 2 fully saturated rings. The monoisotopic (exact) mass is 499 g/mol. The molecule has 3 aromatic rings. The van der Waals surface area contributed by atoms with Crippen molar-refractivity contribution in [3.05, 3.63) is 52.4 Å². The van der Waals surface area contributed by atoms with Gasteiger partial charge in [0.1, 0.15) is 16.2 Å². The third-order valence-corrected chi connectivity index (χ3v) is 6.63. The summed E-state index contributed by atoms with van der Waals surface area (Å²) in [5, 5.41) is 0. The van der Waals surface area contributed by atoms with Crippen molar-refractivity contribution in [1.29, 1.82) is 0 Å². The second kappa shape index (κ2) is 9.17. The number of anilines is 1. The molecule has 1 aromatic carbocycles. The molecule has 5 rings (SSSR count). The predicted molar refractivity (Wildman–Crippen MR) is 125 cm³/mol. The third kappa shape index (κ3) is 4.37. The van der Waals surface area contributed by atoms with Gasteiger partial charge in [-0.25, -0.2) is 14.8 Å². The van der Waals surface area contributed by atoms with Crippen molar-refractivity contribution < 1.29 is 14.3 Å². The Morgan fingerprint density at radius 2 is 2.00 bits per heavy atom. The van der Waals surface area contributed by atoms with Crippen LogP contribution in [0.25, 0.3) is 11.0 Å². The molecule has 0 bridgehead atoms. The lowest BCUT2D eigenvalue weighted by atomic mass is 10.1. The number of rotatable bonds is 6. The van der Waals surface area contributed by atoms with Gasteiger partial charge in [0.05, 0.1) is 42.9 Å². The van der Waals surface area contributed by atoms with E-state index >= 15 is 0 Å². The Bertz CT molecular complexity index is 1120. The predicted octanol–water partition coefficient (Wildman–Crippen LogP) is 3.09. The van der Waals surface area contributed by atoms with Crippen LogP contribution in [0, 0.1) is 0 Å². The van der Waals surface area contributed by atoms with Crippen molar-refractivity contribution in [2.24, 2.45) is 0 Å². The number of piperazine rings is 1. The molecule has 168 valence electrons. The summed E-state index contributed by atoms with van der Waals surface area (Å²) in [7, 11) is 1.40. The summed E-state index contributed by atoms with van der Waals surface area (Å²) >= 11 is 3.46. The number of esters is 1. The molecule has 2 aliphatic heterocycles. The molecule has 0 unspecified atom stereocenters. The summed E-state index contributed by atoms with van der Waals surface area (Å²) in [6, 6.07) is 11.6. The van der Waals surface area contributed by atoms with Crippen molar-refractivity contribution in [3.63, 3.8) is 0 Å². The van der Waals surface area contributed by atoms with E-state index in [1.54, 1.807) is 6.07 Å². The number of hydrogen-bond donors (Lipinski definition) is 0.